The number of nitrogens with zero attached hydrogens (tertiary/aromatic N) is 3. The van der Waals surface area contributed by atoms with Gasteiger partial charge in [0.1, 0.15) is 0 Å². The largest absolute Gasteiger partial charge is 0.311 e. The summed E-state index contributed by atoms with van der Waals surface area (Å²) < 4.78 is 2.54. The third kappa shape index (κ3) is 10.6. The zero-order chi connectivity index (χ0) is 69.7. The lowest BCUT2D eigenvalue weighted by molar-refractivity contribution is 0.569. The molecule has 102 heavy (non-hydrogen) atoms. The second-order valence-electron chi connectivity index (χ2n) is 31.3. The molecule has 0 saturated carbocycles. The minimum Gasteiger partial charge on any atom is -0.311 e. The Kier molecular flexibility index (Phi) is 15.7. The van der Waals surface area contributed by atoms with Crippen LogP contribution in [0, 0.1) is 0 Å². The monoisotopic (exact) mass is 1350 g/mol. The molecule has 0 saturated heterocycles. The molecule has 1 aromatic heterocycles. The average Bonchev–Trinajstić information content (AvgIpc) is 1.15. The van der Waals surface area contributed by atoms with Gasteiger partial charge in [0.15, 0.2) is 16.1 Å². The molecule has 3 heterocycles. The number of fused-ring (bicyclic) bond motifs is 7. The second kappa shape index (κ2) is 24.9. The Labute approximate surface area is 604 Å². The molecule has 2 aliphatic rings. The van der Waals surface area contributed by atoms with Gasteiger partial charge in [-0.25, -0.2) is 0 Å². The van der Waals surface area contributed by atoms with E-state index >= 15 is 0 Å². The highest BCUT2D eigenvalue weighted by Crippen LogP contribution is 2.48. The molecule has 0 N–H and O–H groups in total. The Hall–Kier alpha value is -11.0. The Bertz CT molecular complexity index is 5340. The van der Waals surface area contributed by atoms with E-state index < -0.39 is 16.1 Å². The summed E-state index contributed by atoms with van der Waals surface area (Å²) >= 11 is 0. The molecule has 494 valence electrons. The topological polar surface area (TPSA) is 11.4 Å². The first-order valence-corrected chi connectivity index (χ1v) is 40.3. The predicted molar refractivity (Wildman–Crippen MR) is 444 cm³/mol. The fourth-order valence-corrected chi connectivity index (χ4v) is 26.6. The molecular weight excluding hydrogens is 1260 g/mol. The van der Waals surface area contributed by atoms with E-state index in [0.717, 1.165) is 34.1 Å². The number of para-hydroxylation sites is 2. The van der Waals surface area contributed by atoms with E-state index in [9.17, 15) is 0 Å². The predicted octanol–water partition coefficient (Wildman–Crippen LogP) is 17.2. The summed E-state index contributed by atoms with van der Waals surface area (Å²) in [5.41, 5.74) is 20.1. The number of hydrogen-bond donors (Lipinski definition) is 0. The smallest absolute Gasteiger partial charge is 0.252 e. The highest BCUT2D eigenvalue weighted by Gasteiger charge is 2.48. The molecule has 0 radical (unpaired) electrons. The minimum absolute atomic E-state index is 0.00127. The van der Waals surface area contributed by atoms with Gasteiger partial charge in [0.05, 0.1) is 16.7 Å². The quantitative estimate of drug-likeness (QED) is 0.0892. The molecule has 17 rings (SSSR count). The summed E-state index contributed by atoms with van der Waals surface area (Å²) in [4.78, 5) is 5.33. The molecule has 0 atom stereocenters. The van der Waals surface area contributed by atoms with Crippen molar-refractivity contribution in [2.24, 2.45) is 0 Å². The molecule has 14 aromatic carbocycles. The van der Waals surface area contributed by atoms with Gasteiger partial charge in [-0.05, 0) is 163 Å². The molecule has 3 nitrogen and oxygen atoms in total. The lowest BCUT2D eigenvalue weighted by atomic mass is 9.33. The van der Waals surface area contributed by atoms with E-state index in [4.69, 9.17) is 0 Å². The highest BCUT2D eigenvalue weighted by molar-refractivity contribution is 7.20. The van der Waals surface area contributed by atoms with E-state index in [0.29, 0.717) is 0 Å². The fourth-order valence-electron chi connectivity index (χ4n) is 17.0. The molecule has 0 amide bonds. The van der Waals surface area contributed by atoms with Crippen LogP contribution < -0.4 is 67.7 Å². The Morgan fingerprint density at radius 3 is 1.01 bits per heavy atom. The third-order valence-corrected chi connectivity index (χ3v) is 31.7. The van der Waals surface area contributed by atoms with Crippen molar-refractivity contribution in [3.63, 3.8) is 0 Å². The van der Waals surface area contributed by atoms with Crippen molar-refractivity contribution in [1.82, 2.24) is 4.57 Å². The molecule has 0 spiro atoms. The van der Waals surface area contributed by atoms with Crippen molar-refractivity contribution in [3.05, 3.63) is 362 Å². The average molecular weight is 1350 g/mol. The van der Waals surface area contributed by atoms with Gasteiger partial charge < -0.3 is 14.4 Å². The van der Waals surface area contributed by atoms with Gasteiger partial charge in [-0.2, -0.15) is 0 Å². The molecule has 0 aliphatic carbocycles. The van der Waals surface area contributed by atoms with Crippen LogP contribution in [0.3, 0.4) is 0 Å². The number of anilines is 6. The minimum atomic E-state index is -3.12. The van der Waals surface area contributed by atoms with Crippen LogP contribution in [0.1, 0.15) is 79.0 Å². The van der Waals surface area contributed by atoms with Crippen LogP contribution in [0.4, 0.5) is 34.1 Å². The Balaban J connectivity index is 1.02. The van der Waals surface area contributed by atoms with Gasteiger partial charge in [-0.1, -0.05) is 347 Å². The van der Waals surface area contributed by atoms with Crippen molar-refractivity contribution in [2.45, 2.75) is 78.6 Å². The second-order valence-corrected chi connectivity index (χ2v) is 38.9. The molecule has 0 fully saturated rings. The summed E-state index contributed by atoms with van der Waals surface area (Å²) in [5.74, 6) is 0. The maximum Gasteiger partial charge on any atom is 0.252 e. The first-order valence-electron chi connectivity index (χ1n) is 36.3. The summed E-state index contributed by atoms with van der Waals surface area (Å²) in [6.07, 6.45) is 0. The van der Waals surface area contributed by atoms with Crippen LogP contribution in [0.25, 0.3) is 38.6 Å². The summed E-state index contributed by atoms with van der Waals surface area (Å²) in [7, 11) is -6.06. The van der Waals surface area contributed by atoms with E-state index in [1.165, 1.54) is 113 Å². The maximum atomic E-state index is 2.69. The van der Waals surface area contributed by atoms with E-state index in [1.807, 2.05) is 0 Å². The Morgan fingerprint density at radius 1 is 0.245 bits per heavy atom. The summed E-state index contributed by atoms with van der Waals surface area (Å²) in [6.45, 7) is 20.9. The lowest BCUT2D eigenvalue weighted by Crippen LogP contribution is -2.75. The van der Waals surface area contributed by atoms with Crippen LogP contribution >= 0.6 is 0 Å². The molecule has 15 aromatic rings. The molecule has 2 aliphatic heterocycles. The molecular formula is C96H84BN3Si2. The van der Waals surface area contributed by atoms with Gasteiger partial charge >= 0.3 is 0 Å². The first kappa shape index (κ1) is 64.4. The molecule has 6 heteroatoms. The van der Waals surface area contributed by atoms with Crippen molar-refractivity contribution >= 4 is 137 Å². The fraction of sp³-hybridized carbons (Fsp3) is 0.125. The Morgan fingerprint density at radius 2 is 0.588 bits per heavy atom. The number of hydrogen-bond acceptors (Lipinski definition) is 2. The van der Waals surface area contributed by atoms with Crippen LogP contribution in [0.2, 0.25) is 0 Å². The van der Waals surface area contributed by atoms with E-state index in [2.05, 4.69) is 422 Å². The van der Waals surface area contributed by atoms with Crippen LogP contribution in [0.5, 0.6) is 0 Å². The third-order valence-electron chi connectivity index (χ3n) is 22.1. The van der Waals surface area contributed by atoms with Crippen LogP contribution in [0.15, 0.2) is 346 Å². The summed E-state index contributed by atoms with van der Waals surface area (Å²) in [6, 6.07) is 133. The van der Waals surface area contributed by atoms with E-state index in [-0.39, 0.29) is 23.0 Å². The number of rotatable bonds is 12. The van der Waals surface area contributed by atoms with Gasteiger partial charge in [-0.3, -0.25) is 0 Å². The van der Waals surface area contributed by atoms with Gasteiger partial charge in [-0.15, -0.1) is 0 Å². The molecule has 0 bridgehead atoms. The number of aromatic nitrogens is 1. The van der Waals surface area contributed by atoms with Gasteiger partial charge in [0.25, 0.3) is 6.71 Å². The SMILES string of the molecule is CC(C)(C)c1ccc(-c2ccc3c(c2)B2c4cc([Si](c5ccccc5)(c5ccccc5)c5ccccc5)ccc4N(c4cc(C(C)(C)C)cc(C(C)(C)C)c4)c4cc(-n5c6ccccc6c6ccccc65)cc(c42)N3c2ccc([Si](c3ccccc3)(c3ccccc3)c3ccccc3)cc2)cc1. The molecule has 0 unspecified atom stereocenters. The van der Waals surface area contributed by atoms with E-state index in [1.54, 1.807) is 0 Å². The lowest BCUT2D eigenvalue weighted by Gasteiger charge is -2.45. The summed E-state index contributed by atoms with van der Waals surface area (Å²) in [5, 5.41) is 13.2. The van der Waals surface area contributed by atoms with Crippen LogP contribution in [-0.2, 0) is 16.2 Å². The van der Waals surface area contributed by atoms with Crippen molar-refractivity contribution in [3.8, 4) is 16.8 Å². The zero-order valence-electron chi connectivity index (χ0n) is 59.8. The van der Waals surface area contributed by atoms with Crippen molar-refractivity contribution in [2.75, 3.05) is 9.80 Å². The normalized spacial score (nSPS) is 13.1. The first-order chi connectivity index (χ1) is 49.5. The standard InChI is InChI=1S/C96H84BN3Si2/c1-94(2,3)69-51-48-67(49-52-69)68-50-58-89-85(60-68)97-86-66-82(102(78-38-22-13-23-39-78,79-40-24-14-25-41-79)80-42-26-15-27-43-80)57-59-90(86)100(73-62-70(95(4,5)6)61-71(63-73)96(7,8)9)92-65-74(99-87-46-30-28-44-83(87)84-45-29-31-47-88(84)99)64-91(93(92)97)98(89)72-53-55-81(56-54-72)101(75-32-16-10-17-33-75,76-34-18-11-19-35-76)77-36-20-12-21-37-77/h10-66H,1-9H3. The zero-order valence-corrected chi connectivity index (χ0v) is 61.8. The van der Waals surface area contributed by atoms with Crippen LogP contribution in [-0.4, -0.2) is 27.4 Å². The van der Waals surface area contributed by atoms with Crippen molar-refractivity contribution < 1.29 is 0 Å². The highest BCUT2D eigenvalue weighted by atomic mass is 28.3. The maximum absolute atomic E-state index is 3.12. The van der Waals surface area contributed by atoms with Gasteiger partial charge in [0, 0.05) is 44.9 Å². The van der Waals surface area contributed by atoms with Crippen molar-refractivity contribution in [1.29, 1.82) is 0 Å². The van der Waals surface area contributed by atoms with Gasteiger partial charge in [0.2, 0.25) is 0 Å². The number of benzene rings is 14.